The molecule has 0 aliphatic heterocycles. The second-order valence-electron chi connectivity index (χ2n) is 3.69. The van der Waals surface area contributed by atoms with Gasteiger partial charge in [-0.3, -0.25) is 4.79 Å². The maximum Gasteiger partial charge on any atom is 0.239 e. The van der Waals surface area contributed by atoms with E-state index in [2.05, 4.69) is 0 Å². The monoisotopic (exact) mass is 263 g/mol. The number of primary amides is 1. The van der Waals surface area contributed by atoms with Crippen molar-refractivity contribution < 1.29 is 4.79 Å². The van der Waals surface area contributed by atoms with E-state index in [4.69, 9.17) is 40.5 Å². The van der Waals surface area contributed by atoms with E-state index in [-0.39, 0.29) is 5.92 Å². The molecule has 2 N–H and O–H groups in total. The van der Waals surface area contributed by atoms with Crippen LogP contribution in [0.1, 0.15) is 17.9 Å². The van der Waals surface area contributed by atoms with Gasteiger partial charge in [0.1, 0.15) is 4.87 Å². The largest absolute Gasteiger partial charge is 0.368 e. The van der Waals surface area contributed by atoms with Gasteiger partial charge in [-0.25, -0.2) is 0 Å². The lowest BCUT2D eigenvalue weighted by atomic mass is 10.1. The van der Waals surface area contributed by atoms with E-state index in [1.807, 2.05) is 0 Å². The number of amides is 1. The first-order valence-electron chi connectivity index (χ1n) is 4.38. The Balaban J connectivity index is 2.30. The predicted octanol–water partition coefficient (Wildman–Crippen LogP) is 2.94. The van der Waals surface area contributed by atoms with Crippen LogP contribution in [0.3, 0.4) is 0 Å². The highest BCUT2D eigenvalue weighted by Crippen LogP contribution is 2.56. The van der Waals surface area contributed by atoms with Crippen molar-refractivity contribution in [3.05, 3.63) is 33.8 Å². The first-order chi connectivity index (χ1) is 6.93. The van der Waals surface area contributed by atoms with E-state index in [9.17, 15) is 4.79 Å². The predicted molar refractivity (Wildman–Crippen MR) is 61.6 cm³/mol. The van der Waals surface area contributed by atoms with Crippen LogP contribution in [-0.2, 0) is 4.79 Å². The maximum atomic E-state index is 11.1. The van der Waals surface area contributed by atoms with E-state index in [1.165, 1.54) is 0 Å². The molecule has 0 saturated heterocycles. The number of carbonyl (C=O) groups is 1. The Morgan fingerprint density at radius 1 is 1.33 bits per heavy atom. The van der Waals surface area contributed by atoms with Crippen molar-refractivity contribution in [2.75, 3.05) is 0 Å². The lowest BCUT2D eigenvalue weighted by Gasteiger charge is -2.05. The lowest BCUT2D eigenvalue weighted by Crippen LogP contribution is -2.26. The summed E-state index contributed by atoms with van der Waals surface area (Å²) in [5.74, 6) is -0.571. The Morgan fingerprint density at radius 2 is 1.87 bits per heavy atom. The van der Waals surface area contributed by atoms with Gasteiger partial charge < -0.3 is 5.73 Å². The Morgan fingerprint density at radius 3 is 2.27 bits per heavy atom. The fourth-order valence-electron chi connectivity index (χ4n) is 1.67. The average molecular weight is 265 g/mol. The summed E-state index contributed by atoms with van der Waals surface area (Å²) in [4.78, 5) is 10.1. The van der Waals surface area contributed by atoms with Gasteiger partial charge in [0.15, 0.2) is 0 Å². The summed E-state index contributed by atoms with van der Waals surface area (Å²) in [5, 5.41) is 1.07. The minimum atomic E-state index is -0.950. The molecule has 2 nitrogen and oxygen atoms in total. The molecule has 1 aromatic carbocycles. The number of hydrogen-bond acceptors (Lipinski definition) is 1. The SMILES string of the molecule is NC(=O)C1(Cl)CC1c1cc(Cl)cc(Cl)c1. The van der Waals surface area contributed by atoms with E-state index < -0.39 is 10.8 Å². The average Bonchev–Trinajstić information content (AvgIpc) is 2.78. The van der Waals surface area contributed by atoms with Gasteiger partial charge in [-0.15, -0.1) is 11.6 Å². The van der Waals surface area contributed by atoms with Gasteiger partial charge in [-0.1, -0.05) is 23.2 Å². The molecule has 1 fully saturated rings. The summed E-state index contributed by atoms with van der Waals surface area (Å²) >= 11 is 17.7. The highest BCUT2D eigenvalue weighted by atomic mass is 35.5. The van der Waals surface area contributed by atoms with Crippen molar-refractivity contribution in [1.29, 1.82) is 0 Å². The van der Waals surface area contributed by atoms with Crippen LogP contribution in [0.2, 0.25) is 10.0 Å². The van der Waals surface area contributed by atoms with Crippen LogP contribution in [0.15, 0.2) is 18.2 Å². The van der Waals surface area contributed by atoms with E-state index in [0.717, 1.165) is 5.56 Å². The summed E-state index contributed by atoms with van der Waals surface area (Å²) in [6.45, 7) is 0. The van der Waals surface area contributed by atoms with Gasteiger partial charge in [-0.05, 0) is 30.2 Å². The van der Waals surface area contributed by atoms with Gasteiger partial charge in [0, 0.05) is 16.0 Å². The molecule has 15 heavy (non-hydrogen) atoms. The number of halogens is 3. The van der Waals surface area contributed by atoms with Crippen molar-refractivity contribution in [1.82, 2.24) is 0 Å². The molecule has 2 unspecified atom stereocenters. The van der Waals surface area contributed by atoms with Gasteiger partial charge >= 0.3 is 0 Å². The van der Waals surface area contributed by atoms with Crippen LogP contribution in [0.5, 0.6) is 0 Å². The topological polar surface area (TPSA) is 43.1 Å². The Hall–Kier alpha value is -0.440. The van der Waals surface area contributed by atoms with Crippen LogP contribution < -0.4 is 5.73 Å². The molecule has 0 radical (unpaired) electrons. The molecule has 80 valence electrons. The molecule has 1 aliphatic carbocycles. The second-order valence-corrected chi connectivity index (χ2v) is 5.23. The zero-order chi connectivity index (χ0) is 11.2. The van der Waals surface area contributed by atoms with Crippen LogP contribution in [0.25, 0.3) is 0 Å². The first-order valence-corrected chi connectivity index (χ1v) is 5.51. The summed E-state index contributed by atoms with van der Waals surface area (Å²) in [5.41, 5.74) is 6.06. The summed E-state index contributed by atoms with van der Waals surface area (Å²) in [6, 6.07) is 5.14. The molecular formula is C10H8Cl3NO. The number of carbonyl (C=O) groups excluding carboxylic acids is 1. The summed E-state index contributed by atoms with van der Waals surface area (Å²) in [7, 11) is 0. The van der Waals surface area contributed by atoms with Crippen molar-refractivity contribution >= 4 is 40.7 Å². The number of rotatable bonds is 2. The van der Waals surface area contributed by atoms with E-state index in [0.29, 0.717) is 16.5 Å². The highest BCUT2D eigenvalue weighted by molar-refractivity contribution is 6.38. The fraction of sp³-hybridized carbons (Fsp3) is 0.300. The minimum Gasteiger partial charge on any atom is -0.368 e. The third kappa shape index (κ3) is 1.94. The lowest BCUT2D eigenvalue weighted by molar-refractivity contribution is -0.118. The highest BCUT2D eigenvalue weighted by Gasteiger charge is 2.58. The molecule has 2 atom stereocenters. The summed E-state index contributed by atoms with van der Waals surface area (Å²) < 4.78 is 0. The van der Waals surface area contributed by atoms with Crippen LogP contribution in [-0.4, -0.2) is 10.8 Å². The third-order valence-corrected chi connectivity index (χ3v) is 3.63. The Kier molecular flexibility index (Phi) is 2.61. The molecule has 0 heterocycles. The molecule has 2 rings (SSSR count). The molecule has 1 amide bonds. The molecule has 0 spiro atoms. The normalized spacial score (nSPS) is 28.9. The van der Waals surface area contributed by atoms with Crippen LogP contribution >= 0.6 is 34.8 Å². The molecule has 1 aliphatic rings. The molecule has 5 heteroatoms. The molecule has 0 aromatic heterocycles. The Bertz CT molecular complexity index is 414. The molecule has 1 aromatic rings. The smallest absolute Gasteiger partial charge is 0.239 e. The Labute approximate surface area is 102 Å². The quantitative estimate of drug-likeness (QED) is 0.820. The number of hydrogen-bond donors (Lipinski definition) is 1. The number of nitrogens with two attached hydrogens (primary N) is 1. The van der Waals surface area contributed by atoms with Crippen molar-refractivity contribution in [3.8, 4) is 0 Å². The standard InChI is InChI=1S/C10H8Cl3NO/c11-6-1-5(2-7(12)3-6)8-4-10(8,13)9(14)15/h1-3,8H,4H2,(H2,14,15). The van der Waals surface area contributed by atoms with Gasteiger partial charge in [0.2, 0.25) is 5.91 Å². The number of alkyl halides is 1. The third-order valence-electron chi connectivity index (χ3n) is 2.59. The zero-order valence-corrected chi connectivity index (χ0v) is 9.90. The fourth-order valence-corrected chi connectivity index (χ4v) is 2.49. The first kappa shape index (κ1) is 11.1. The van der Waals surface area contributed by atoms with Gasteiger partial charge in [0.25, 0.3) is 0 Å². The number of benzene rings is 1. The maximum absolute atomic E-state index is 11.1. The minimum absolute atomic E-state index is 0.0760. The van der Waals surface area contributed by atoms with Crippen LogP contribution in [0.4, 0.5) is 0 Å². The van der Waals surface area contributed by atoms with Gasteiger partial charge in [0.05, 0.1) is 0 Å². The zero-order valence-electron chi connectivity index (χ0n) is 7.64. The van der Waals surface area contributed by atoms with E-state index >= 15 is 0 Å². The van der Waals surface area contributed by atoms with Crippen LogP contribution in [0, 0.1) is 0 Å². The van der Waals surface area contributed by atoms with Crippen molar-refractivity contribution in [2.45, 2.75) is 17.2 Å². The molecule has 1 saturated carbocycles. The van der Waals surface area contributed by atoms with Crippen molar-refractivity contribution in [3.63, 3.8) is 0 Å². The molecule has 0 bridgehead atoms. The molecular weight excluding hydrogens is 256 g/mol. The second kappa shape index (κ2) is 3.55. The van der Waals surface area contributed by atoms with Crippen molar-refractivity contribution in [2.24, 2.45) is 5.73 Å². The van der Waals surface area contributed by atoms with Gasteiger partial charge in [-0.2, -0.15) is 0 Å². The summed E-state index contributed by atoms with van der Waals surface area (Å²) in [6.07, 6.45) is 0.542. The van der Waals surface area contributed by atoms with E-state index in [1.54, 1.807) is 18.2 Å².